The Bertz CT molecular complexity index is 1650. The van der Waals surface area contributed by atoms with E-state index in [1.807, 2.05) is 29.8 Å². The Morgan fingerprint density at radius 2 is 2.02 bits per heavy atom. The van der Waals surface area contributed by atoms with E-state index in [0.29, 0.717) is 25.1 Å². The summed E-state index contributed by atoms with van der Waals surface area (Å²) >= 11 is 0. The van der Waals surface area contributed by atoms with Gasteiger partial charge in [0, 0.05) is 23.9 Å². The topological polar surface area (TPSA) is 173 Å². The van der Waals surface area contributed by atoms with Crippen molar-refractivity contribution in [3.63, 3.8) is 0 Å². The highest BCUT2D eigenvalue weighted by Crippen LogP contribution is 2.45. The number of carbonyl (C=O) groups is 4. The summed E-state index contributed by atoms with van der Waals surface area (Å²) in [7, 11) is -3.91. The lowest BCUT2D eigenvalue weighted by molar-refractivity contribution is -0.141. The number of fused-ring (bicyclic) bond motifs is 3. The Balaban J connectivity index is 1.48. The lowest BCUT2D eigenvalue weighted by atomic mass is 10.0. The van der Waals surface area contributed by atoms with Crippen molar-refractivity contribution in [3.05, 3.63) is 48.7 Å². The van der Waals surface area contributed by atoms with Crippen molar-refractivity contribution in [1.82, 2.24) is 25.2 Å². The molecule has 47 heavy (non-hydrogen) atoms. The zero-order chi connectivity index (χ0) is 33.8. The van der Waals surface area contributed by atoms with Crippen LogP contribution >= 0.6 is 0 Å². The number of hydrogen-bond donors (Lipinski definition) is 3. The molecular formula is C33H43N5O8S. The lowest BCUT2D eigenvalue weighted by Gasteiger charge is -2.29. The van der Waals surface area contributed by atoms with Crippen LogP contribution in [0.5, 0.6) is 5.88 Å². The fourth-order valence-corrected chi connectivity index (χ4v) is 6.91. The maximum atomic E-state index is 14.1. The number of nitrogens with zero attached hydrogens (tertiary/aromatic N) is 2. The smallest absolute Gasteiger partial charge is 0.407 e. The molecule has 1 aliphatic carbocycles. The van der Waals surface area contributed by atoms with E-state index in [2.05, 4.69) is 28.3 Å². The predicted octanol–water partition coefficient (Wildman–Crippen LogP) is 2.73. The van der Waals surface area contributed by atoms with E-state index in [-0.39, 0.29) is 26.0 Å². The van der Waals surface area contributed by atoms with Crippen LogP contribution in [0, 0.1) is 5.92 Å². The number of aryl methyl sites for hydroxylation is 1. The van der Waals surface area contributed by atoms with E-state index < -0.39 is 63.5 Å². The van der Waals surface area contributed by atoms with Crippen LogP contribution < -0.4 is 20.1 Å². The zero-order valence-electron chi connectivity index (χ0n) is 26.8. The Kier molecular flexibility index (Phi) is 10.4. The molecule has 1 saturated carbocycles. The first kappa shape index (κ1) is 34.1. The molecule has 1 aromatic heterocycles. The molecule has 2 fully saturated rings. The molecule has 3 heterocycles. The van der Waals surface area contributed by atoms with Gasteiger partial charge in [0.2, 0.25) is 27.7 Å². The predicted molar refractivity (Wildman–Crippen MR) is 174 cm³/mol. The van der Waals surface area contributed by atoms with Crippen molar-refractivity contribution in [2.24, 2.45) is 5.92 Å². The Morgan fingerprint density at radius 3 is 2.74 bits per heavy atom. The van der Waals surface area contributed by atoms with Gasteiger partial charge in [-0.15, -0.1) is 6.58 Å². The molecule has 2 aliphatic heterocycles. The molecule has 0 spiro atoms. The second kappa shape index (κ2) is 14.3. The molecule has 3 N–H and O–H groups in total. The molecule has 254 valence electrons. The van der Waals surface area contributed by atoms with Gasteiger partial charge in [0.05, 0.1) is 19.4 Å². The summed E-state index contributed by atoms with van der Waals surface area (Å²) in [6, 6.07) is 5.96. The third kappa shape index (κ3) is 8.03. The molecule has 5 rings (SSSR count). The minimum Gasteiger partial charge on any atom is -0.472 e. The third-order valence-corrected chi connectivity index (χ3v) is 9.59. The van der Waals surface area contributed by atoms with Crippen LogP contribution in [0.3, 0.4) is 0 Å². The van der Waals surface area contributed by atoms with E-state index in [4.69, 9.17) is 9.47 Å². The molecule has 2 aromatic rings. The van der Waals surface area contributed by atoms with E-state index in [9.17, 15) is 27.6 Å². The lowest BCUT2D eigenvalue weighted by Crippen LogP contribution is -2.58. The summed E-state index contributed by atoms with van der Waals surface area (Å²) in [5.41, 5.74) is -0.424. The fourth-order valence-electron chi connectivity index (χ4n) is 6.39. The minimum absolute atomic E-state index is 0.0153. The highest BCUT2D eigenvalue weighted by Gasteiger charge is 2.61. The average Bonchev–Trinajstić information content (AvgIpc) is 3.58. The number of nitrogens with one attached hydrogen (secondary N) is 3. The van der Waals surface area contributed by atoms with Crippen molar-refractivity contribution in [3.8, 4) is 5.88 Å². The molecule has 0 radical (unpaired) electrons. The van der Waals surface area contributed by atoms with Crippen LogP contribution in [-0.4, -0.2) is 85.3 Å². The first-order valence-electron chi connectivity index (χ1n) is 16.2. The Hall–Kier alpha value is -4.20. The molecule has 14 heteroatoms. The highest BCUT2D eigenvalue weighted by molar-refractivity contribution is 7.89. The van der Waals surface area contributed by atoms with Crippen LogP contribution in [0.15, 0.2) is 43.1 Å². The number of ether oxygens (including phenoxy) is 2. The molecule has 4 bridgehead atoms. The standard InChI is InChI=1S/C33H43N5O8S/c1-4-6-11-26-30(40)38-20-24(18-27(38)28(39)36-33(19-23(33)5-2)31(41)37-47(3,43)44)46-29-25-17-21(12-13-22(25)14-15-34-29)10-8-7-9-16-45-32(42)35-26/h5,12-15,17,23-24,26-27H,2,4,6-11,16,18-20H2,1,3H3,(H,35,42)(H,36,39)(H,37,41)/t23-,24-,26+,27+,33-/m1/s1. The van der Waals surface area contributed by atoms with Gasteiger partial charge >= 0.3 is 6.09 Å². The number of carbonyl (C=O) groups excluding carboxylic acids is 4. The number of cyclic esters (lactones) is 1. The molecule has 4 amide bonds. The fraction of sp³-hybridized carbons (Fsp3) is 0.545. The second-order valence-corrected chi connectivity index (χ2v) is 14.4. The van der Waals surface area contributed by atoms with Crippen LogP contribution in [0.1, 0.15) is 63.9 Å². The van der Waals surface area contributed by atoms with Crippen molar-refractivity contribution in [2.45, 2.75) is 88.4 Å². The third-order valence-electron chi connectivity index (χ3n) is 9.03. The van der Waals surface area contributed by atoms with Gasteiger partial charge in [0.15, 0.2) is 0 Å². The highest BCUT2D eigenvalue weighted by atomic mass is 32.2. The molecule has 13 nitrogen and oxygen atoms in total. The van der Waals surface area contributed by atoms with Gasteiger partial charge in [-0.2, -0.15) is 0 Å². The van der Waals surface area contributed by atoms with Crippen LogP contribution in [0.4, 0.5) is 4.79 Å². The van der Waals surface area contributed by atoms with Crippen molar-refractivity contribution < 1.29 is 37.1 Å². The number of rotatable bonds is 8. The Labute approximate surface area is 274 Å². The SMILES string of the molecule is C=C[C@@H]1C[C@]1(NC(=O)[C@@H]1C[C@@H]2CN1C(=O)[C@H](CCCC)NC(=O)OCCCCCc1ccc3ccnc(c3c1)O2)C(=O)NS(C)(=O)=O. The number of amides is 4. The van der Waals surface area contributed by atoms with E-state index in [1.54, 1.807) is 6.20 Å². The summed E-state index contributed by atoms with van der Waals surface area (Å²) in [6.45, 7) is 5.91. The molecular weight excluding hydrogens is 626 g/mol. The number of alkyl carbamates (subject to hydrolysis) is 1. The molecule has 0 unspecified atom stereocenters. The van der Waals surface area contributed by atoms with Crippen LogP contribution in [-0.2, 0) is 35.6 Å². The summed E-state index contributed by atoms with van der Waals surface area (Å²) < 4.78 is 37.5. The van der Waals surface area contributed by atoms with Gasteiger partial charge in [-0.1, -0.05) is 38.0 Å². The summed E-state index contributed by atoms with van der Waals surface area (Å²) in [4.78, 5) is 59.9. The minimum atomic E-state index is -3.91. The number of hydrogen-bond acceptors (Lipinski definition) is 9. The normalized spacial score (nSPS) is 26.7. The number of unbranched alkanes of at least 4 members (excludes halogenated alkanes) is 1. The van der Waals surface area contributed by atoms with Gasteiger partial charge in [-0.3, -0.25) is 19.1 Å². The number of pyridine rings is 1. The zero-order valence-corrected chi connectivity index (χ0v) is 27.6. The van der Waals surface area contributed by atoms with Gasteiger partial charge < -0.3 is 25.0 Å². The molecule has 1 saturated heterocycles. The van der Waals surface area contributed by atoms with Gasteiger partial charge in [0.1, 0.15) is 23.7 Å². The van der Waals surface area contributed by atoms with Gasteiger partial charge in [0.25, 0.3) is 5.91 Å². The molecule has 1 aromatic carbocycles. The molecule has 3 aliphatic rings. The van der Waals surface area contributed by atoms with E-state index >= 15 is 0 Å². The van der Waals surface area contributed by atoms with Gasteiger partial charge in [-0.25, -0.2) is 18.2 Å². The van der Waals surface area contributed by atoms with Gasteiger partial charge in [-0.05, 0) is 61.6 Å². The largest absolute Gasteiger partial charge is 0.472 e. The monoisotopic (exact) mass is 669 g/mol. The first-order valence-corrected chi connectivity index (χ1v) is 18.1. The summed E-state index contributed by atoms with van der Waals surface area (Å²) in [5, 5.41) is 7.20. The van der Waals surface area contributed by atoms with E-state index in [0.717, 1.165) is 48.3 Å². The maximum Gasteiger partial charge on any atom is 0.407 e. The van der Waals surface area contributed by atoms with Crippen molar-refractivity contribution in [2.75, 3.05) is 19.4 Å². The number of benzene rings is 1. The van der Waals surface area contributed by atoms with Crippen molar-refractivity contribution in [1.29, 1.82) is 0 Å². The number of sulfonamides is 1. The second-order valence-electron chi connectivity index (χ2n) is 12.6. The van der Waals surface area contributed by atoms with Crippen molar-refractivity contribution >= 4 is 44.6 Å². The first-order chi connectivity index (χ1) is 22.4. The molecule has 5 atom stereocenters. The maximum absolute atomic E-state index is 14.1. The number of aromatic nitrogens is 1. The average molecular weight is 670 g/mol. The summed E-state index contributed by atoms with van der Waals surface area (Å²) in [5.74, 6) is -2.13. The quantitative estimate of drug-likeness (QED) is 0.357. The van der Waals surface area contributed by atoms with E-state index in [1.165, 1.54) is 11.0 Å². The Morgan fingerprint density at radius 1 is 1.21 bits per heavy atom. The summed E-state index contributed by atoms with van der Waals surface area (Å²) in [6.07, 6.45) is 7.83. The van der Waals surface area contributed by atoms with Crippen LogP contribution in [0.25, 0.3) is 10.8 Å². The van der Waals surface area contributed by atoms with Crippen LogP contribution in [0.2, 0.25) is 0 Å².